The molecule has 2 N–H and O–H groups in total. The molecule has 0 saturated carbocycles. The monoisotopic (exact) mass is 463 g/mol. The van der Waals surface area contributed by atoms with Gasteiger partial charge in [-0.05, 0) is 36.4 Å². The topological polar surface area (TPSA) is 92.9 Å². The molecule has 1 saturated heterocycles. The first kappa shape index (κ1) is 23.4. The van der Waals surface area contributed by atoms with Crippen molar-refractivity contribution in [1.82, 2.24) is 9.21 Å². The zero-order valence-corrected chi connectivity index (χ0v) is 19.8. The summed E-state index contributed by atoms with van der Waals surface area (Å²) in [5.74, 6) is 1.23. The third-order valence-electron chi connectivity index (χ3n) is 5.00. The minimum absolute atomic E-state index is 0.0760. The van der Waals surface area contributed by atoms with Crippen LogP contribution in [0.5, 0.6) is 11.5 Å². The molecule has 1 fully saturated rings. The number of carbonyl (C=O) groups is 1. The van der Waals surface area contributed by atoms with Gasteiger partial charge >= 0.3 is 6.03 Å². The molecule has 2 aromatic carbocycles. The van der Waals surface area contributed by atoms with E-state index in [4.69, 9.17) is 10.5 Å². The lowest BCUT2D eigenvalue weighted by atomic mass is 10.2. The third-order valence-corrected chi connectivity index (χ3v) is 8.37. The fourth-order valence-electron chi connectivity index (χ4n) is 3.50. The first-order valence-electron chi connectivity index (χ1n) is 10.0. The Morgan fingerprint density at radius 1 is 1.06 bits per heavy atom. The molecule has 168 valence electrons. The van der Waals surface area contributed by atoms with Crippen molar-refractivity contribution in [2.24, 2.45) is 5.73 Å². The number of ether oxygens (including phenoxy) is 1. The fourth-order valence-corrected chi connectivity index (χ4v) is 6.55. The quantitative estimate of drug-likeness (QED) is 0.704. The van der Waals surface area contributed by atoms with Crippen molar-refractivity contribution in [2.75, 3.05) is 20.1 Å². The number of thioether (sulfide) groups is 1. The van der Waals surface area contributed by atoms with E-state index < -0.39 is 16.1 Å². The number of benzene rings is 2. The van der Waals surface area contributed by atoms with Gasteiger partial charge < -0.3 is 15.4 Å². The maximum atomic E-state index is 13.3. The molecule has 0 radical (unpaired) electrons. The van der Waals surface area contributed by atoms with Crippen LogP contribution in [0.4, 0.5) is 4.79 Å². The first-order chi connectivity index (χ1) is 14.5. The normalized spacial score (nSPS) is 19.6. The number of urea groups is 1. The molecule has 2 atom stereocenters. The molecule has 0 spiro atoms. The molecule has 0 unspecified atom stereocenters. The summed E-state index contributed by atoms with van der Waals surface area (Å²) < 4.78 is 33.7. The Morgan fingerprint density at radius 2 is 1.65 bits per heavy atom. The van der Waals surface area contributed by atoms with Gasteiger partial charge in [0.1, 0.15) is 11.5 Å². The van der Waals surface area contributed by atoms with Crippen molar-refractivity contribution in [2.45, 2.75) is 41.7 Å². The minimum atomic E-state index is -3.76. The van der Waals surface area contributed by atoms with Crippen molar-refractivity contribution >= 4 is 27.8 Å². The van der Waals surface area contributed by atoms with Crippen LogP contribution in [0, 0.1) is 0 Å². The lowest BCUT2D eigenvalue weighted by molar-refractivity contribution is 0.215. The average molecular weight is 464 g/mol. The number of rotatable bonds is 6. The molecule has 1 heterocycles. The van der Waals surface area contributed by atoms with E-state index in [2.05, 4.69) is 20.8 Å². The Balaban J connectivity index is 1.80. The van der Waals surface area contributed by atoms with Gasteiger partial charge in [0.25, 0.3) is 0 Å². The zero-order valence-electron chi connectivity index (χ0n) is 18.2. The Bertz CT molecular complexity index is 1010. The number of primary amides is 1. The molecule has 3 rings (SSSR count). The molecular weight excluding hydrogens is 434 g/mol. The van der Waals surface area contributed by atoms with Gasteiger partial charge in [0.15, 0.2) is 0 Å². The van der Waals surface area contributed by atoms with Crippen LogP contribution in [-0.2, 0) is 10.0 Å². The number of para-hydroxylation sites is 1. The number of likely N-dealkylation sites (N-methyl/N-ethyl adjacent to an activating group) is 1. The van der Waals surface area contributed by atoms with Gasteiger partial charge in [0.2, 0.25) is 10.0 Å². The summed E-state index contributed by atoms with van der Waals surface area (Å²) in [6.07, 6.45) is 0. The van der Waals surface area contributed by atoms with Crippen LogP contribution in [0.3, 0.4) is 0 Å². The summed E-state index contributed by atoms with van der Waals surface area (Å²) in [4.78, 5) is 13.4. The summed E-state index contributed by atoms with van der Waals surface area (Å²) in [6, 6.07) is 14.7. The Kier molecular flexibility index (Phi) is 6.88. The summed E-state index contributed by atoms with van der Waals surface area (Å²) in [5.41, 5.74) is 5.48. The average Bonchev–Trinajstić information content (AvgIpc) is 3.10. The molecule has 2 aromatic rings. The second-order valence-electron chi connectivity index (χ2n) is 8.49. The summed E-state index contributed by atoms with van der Waals surface area (Å²) in [6.45, 7) is 6.91. The molecule has 0 aliphatic carbocycles. The lowest BCUT2D eigenvalue weighted by Gasteiger charge is -2.31. The number of likely N-dealkylation sites (tertiary alicyclic amines) is 1. The van der Waals surface area contributed by atoms with Crippen LogP contribution in [0.15, 0.2) is 59.5 Å². The SMILES string of the molecule is CN([C@H]1CN(C(N)=O)C[C@@H]1SC(C)(C)C)S(=O)(=O)c1ccc(Oc2ccccc2)cc1. The highest BCUT2D eigenvalue weighted by atomic mass is 32.2. The zero-order chi connectivity index (χ0) is 22.8. The number of carbonyl (C=O) groups excluding carboxylic acids is 1. The number of hydrogen-bond donors (Lipinski definition) is 1. The highest BCUT2D eigenvalue weighted by Crippen LogP contribution is 2.36. The van der Waals surface area contributed by atoms with Gasteiger partial charge in [0.05, 0.1) is 10.9 Å². The van der Waals surface area contributed by atoms with Crippen LogP contribution < -0.4 is 10.5 Å². The number of amides is 2. The van der Waals surface area contributed by atoms with Gasteiger partial charge in [0, 0.05) is 30.1 Å². The van der Waals surface area contributed by atoms with Crippen LogP contribution >= 0.6 is 11.8 Å². The van der Waals surface area contributed by atoms with Crippen molar-refractivity contribution in [3.05, 3.63) is 54.6 Å². The standard InChI is InChI=1S/C22H29N3O4S2/c1-22(2,3)30-20-15-25(21(23)26)14-19(20)24(4)31(27,28)18-12-10-17(11-13-18)29-16-8-6-5-7-9-16/h5-13,19-20H,14-15H2,1-4H3,(H2,23,26)/t19-,20-/m0/s1. The highest BCUT2D eigenvalue weighted by Gasteiger charge is 2.43. The second-order valence-corrected chi connectivity index (χ2v) is 12.6. The van der Waals surface area contributed by atoms with Gasteiger partial charge in [-0.3, -0.25) is 0 Å². The highest BCUT2D eigenvalue weighted by molar-refractivity contribution is 8.01. The van der Waals surface area contributed by atoms with E-state index in [1.165, 1.54) is 21.3 Å². The van der Waals surface area contributed by atoms with Crippen LogP contribution in [0.2, 0.25) is 0 Å². The minimum Gasteiger partial charge on any atom is -0.457 e. The van der Waals surface area contributed by atoms with Gasteiger partial charge in [-0.2, -0.15) is 4.31 Å². The largest absolute Gasteiger partial charge is 0.457 e. The van der Waals surface area contributed by atoms with Crippen molar-refractivity contribution in [3.63, 3.8) is 0 Å². The van der Waals surface area contributed by atoms with E-state index in [-0.39, 0.29) is 27.5 Å². The van der Waals surface area contributed by atoms with Crippen molar-refractivity contribution in [3.8, 4) is 11.5 Å². The Hall–Kier alpha value is -2.23. The van der Waals surface area contributed by atoms with E-state index in [0.29, 0.717) is 18.0 Å². The Labute approximate surface area is 188 Å². The molecule has 0 bridgehead atoms. The Morgan fingerprint density at radius 3 is 2.19 bits per heavy atom. The summed E-state index contributed by atoms with van der Waals surface area (Å²) in [5, 5.41) is -0.0760. The molecule has 0 aromatic heterocycles. The van der Waals surface area contributed by atoms with E-state index >= 15 is 0 Å². The van der Waals surface area contributed by atoms with Crippen LogP contribution in [-0.4, -0.2) is 59.8 Å². The second kappa shape index (κ2) is 9.10. The third kappa shape index (κ3) is 5.72. The van der Waals surface area contributed by atoms with E-state index in [1.807, 2.05) is 30.3 Å². The molecule has 1 aliphatic heterocycles. The molecule has 31 heavy (non-hydrogen) atoms. The van der Waals surface area contributed by atoms with Crippen molar-refractivity contribution in [1.29, 1.82) is 0 Å². The maximum Gasteiger partial charge on any atom is 0.314 e. The maximum absolute atomic E-state index is 13.3. The summed E-state index contributed by atoms with van der Waals surface area (Å²) in [7, 11) is -2.20. The number of sulfonamides is 1. The predicted octanol–water partition coefficient (Wildman–Crippen LogP) is 3.76. The lowest BCUT2D eigenvalue weighted by Crippen LogP contribution is -2.44. The fraction of sp³-hybridized carbons (Fsp3) is 0.409. The molecular formula is C22H29N3O4S2. The van der Waals surface area contributed by atoms with Gasteiger partial charge in [-0.15, -0.1) is 11.8 Å². The van der Waals surface area contributed by atoms with E-state index in [9.17, 15) is 13.2 Å². The number of hydrogen-bond acceptors (Lipinski definition) is 5. The predicted molar refractivity (Wildman–Crippen MR) is 124 cm³/mol. The van der Waals surface area contributed by atoms with Crippen LogP contribution in [0.1, 0.15) is 20.8 Å². The molecule has 7 nitrogen and oxygen atoms in total. The number of nitrogens with zero attached hydrogens (tertiary/aromatic N) is 2. The van der Waals surface area contributed by atoms with E-state index in [1.54, 1.807) is 30.9 Å². The number of nitrogens with two attached hydrogens (primary N) is 1. The summed E-state index contributed by atoms with van der Waals surface area (Å²) >= 11 is 1.66. The van der Waals surface area contributed by atoms with E-state index in [0.717, 1.165) is 0 Å². The molecule has 9 heteroatoms. The van der Waals surface area contributed by atoms with Gasteiger partial charge in [-0.1, -0.05) is 39.0 Å². The smallest absolute Gasteiger partial charge is 0.314 e. The van der Waals surface area contributed by atoms with Crippen LogP contribution in [0.25, 0.3) is 0 Å². The first-order valence-corrected chi connectivity index (χ1v) is 12.3. The molecule has 2 amide bonds. The van der Waals surface area contributed by atoms with Gasteiger partial charge in [-0.25, -0.2) is 13.2 Å². The molecule has 1 aliphatic rings. The van der Waals surface area contributed by atoms with Crippen molar-refractivity contribution < 1.29 is 17.9 Å².